The van der Waals surface area contributed by atoms with Crippen molar-refractivity contribution in [1.82, 2.24) is 14.5 Å². The van der Waals surface area contributed by atoms with E-state index in [1.807, 2.05) is 41.0 Å². The van der Waals surface area contributed by atoms with E-state index in [0.717, 1.165) is 37.7 Å². The van der Waals surface area contributed by atoms with Crippen molar-refractivity contribution >= 4 is 21.6 Å². The zero-order chi connectivity index (χ0) is 22.9. The third kappa shape index (κ3) is 3.89. The van der Waals surface area contributed by atoms with Crippen LogP contribution in [-0.4, -0.2) is 31.9 Å². The lowest BCUT2D eigenvalue weighted by atomic mass is 10.0. The monoisotopic (exact) mass is 461 g/mol. The molecule has 0 amide bonds. The highest BCUT2D eigenvalue weighted by Crippen LogP contribution is 2.34. The van der Waals surface area contributed by atoms with Crippen molar-refractivity contribution in [3.05, 3.63) is 84.1 Å². The van der Waals surface area contributed by atoms with Gasteiger partial charge in [-0.15, -0.1) is 11.3 Å². The van der Waals surface area contributed by atoms with Gasteiger partial charge in [0.15, 0.2) is 0 Å². The number of nitrogens with zero attached hydrogens (tertiary/aromatic N) is 3. The van der Waals surface area contributed by atoms with Gasteiger partial charge in [0, 0.05) is 22.4 Å². The number of hydrogen-bond acceptors (Lipinski definition) is 6. The van der Waals surface area contributed by atoms with Gasteiger partial charge in [-0.25, -0.2) is 14.4 Å². The van der Waals surface area contributed by atoms with Crippen molar-refractivity contribution in [1.29, 1.82) is 0 Å². The van der Waals surface area contributed by atoms with Gasteiger partial charge in [0.1, 0.15) is 16.6 Å². The third-order valence-corrected chi connectivity index (χ3v) is 6.59. The van der Waals surface area contributed by atoms with Gasteiger partial charge in [0.05, 0.1) is 48.8 Å². The van der Waals surface area contributed by atoms with Crippen LogP contribution in [0.5, 0.6) is 5.75 Å². The van der Waals surface area contributed by atoms with Gasteiger partial charge in [0.25, 0.3) is 0 Å². The fourth-order valence-electron chi connectivity index (χ4n) is 3.85. The molecule has 166 valence electrons. The number of rotatable bonds is 6. The maximum absolute atomic E-state index is 13.5. The quantitative estimate of drug-likeness (QED) is 0.374. The van der Waals surface area contributed by atoms with Gasteiger partial charge in [-0.1, -0.05) is 0 Å². The molecule has 0 aliphatic rings. The molecule has 2 N–H and O–H groups in total. The van der Waals surface area contributed by atoms with Crippen molar-refractivity contribution in [3.8, 4) is 33.3 Å². The largest absolute Gasteiger partial charge is 0.496 e. The summed E-state index contributed by atoms with van der Waals surface area (Å²) in [6.45, 7) is -0.437. The average Bonchev–Trinajstić information content (AvgIpc) is 3.50. The molecule has 0 radical (unpaired) electrons. The fraction of sp³-hybridized carbons (Fsp3) is 0.120. The molecule has 3 aromatic carbocycles. The maximum Gasteiger partial charge on any atom is 0.125 e. The molecule has 0 aliphatic heterocycles. The van der Waals surface area contributed by atoms with Crippen LogP contribution in [-0.2, 0) is 13.2 Å². The molecule has 2 heterocycles. The molecule has 2 aromatic heterocycles. The van der Waals surface area contributed by atoms with Crippen LogP contribution in [0.3, 0.4) is 0 Å². The standard InChI is InChI=1S/C25H20FN3O3S/c1-32-23-9-16(8-17(12-30)20(23)13-31)22-11-27-14-29(22)19-5-2-15(3-6-19)25-28-21-7-4-18(26)10-24(21)33-25/h2-11,14,30-31H,12-13H2,1H3. The zero-order valence-electron chi connectivity index (χ0n) is 17.7. The number of ether oxygens (including phenoxy) is 1. The first-order chi connectivity index (χ1) is 16.1. The van der Waals surface area contributed by atoms with Crippen molar-refractivity contribution in [3.63, 3.8) is 0 Å². The summed E-state index contributed by atoms with van der Waals surface area (Å²) < 4.78 is 21.7. The van der Waals surface area contributed by atoms with Crippen LogP contribution in [0.15, 0.2) is 67.1 Å². The Morgan fingerprint density at radius 1 is 1.00 bits per heavy atom. The number of aromatic nitrogens is 3. The third-order valence-electron chi connectivity index (χ3n) is 5.53. The molecular formula is C25H20FN3O3S. The molecule has 0 bridgehead atoms. The smallest absolute Gasteiger partial charge is 0.125 e. The van der Waals surface area contributed by atoms with Gasteiger partial charge in [-0.05, 0) is 60.2 Å². The lowest BCUT2D eigenvalue weighted by Gasteiger charge is -2.15. The van der Waals surface area contributed by atoms with Gasteiger partial charge >= 0.3 is 0 Å². The summed E-state index contributed by atoms with van der Waals surface area (Å²) in [4.78, 5) is 8.92. The molecule has 5 rings (SSSR count). The Morgan fingerprint density at radius 3 is 2.55 bits per heavy atom. The van der Waals surface area contributed by atoms with E-state index in [-0.39, 0.29) is 19.0 Å². The Hall–Kier alpha value is -3.59. The molecule has 0 unspecified atom stereocenters. The van der Waals surface area contributed by atoms with E-state index in [9.17, 15) is 14.6 Å². The molecule has 33 heavy (non-hydrogen) atoms. The van der Waals surface area contributed by atoms with Crippen LogP contribution < -0.4 is 4.74 Å². The number of hydrogen-bond donors (Lipinski definition) is 2. The highest BCUT2D eigenvalue weighted by Gasteiger charge is 2.15. The van der Waals surface area contributed by atoms with Crippen LogP contribution in [0.2, 0.25) is 0 Å². The summed E-state index contributed by atoms with van der Waals surface area (Å²) in [7, 11) is 1.53. The van der Waals surface area contributed by atoms with E-state index in [4.69, 9.17) is 4.74 Å². The molecule has 0 fully saturated rings. The molecule has 6 nitrogen and oxygen atoms in total. The summed E-state index contributed by atoms with van der Waals surface area (Å²) in [5, 5.41) is 20.3. The van der Waals surface area contributed by atoms with E-state index in [2.05, 4.69) is 9.97 Å². The van der Waals surface area contributed by atoms with Crippen molar-refractivity contribution in [2.75, 3.05) is 7.11 Å². The number of thiazole rings is 1. The predicted octanol–water partition coefficient (Wildman–Crippen LogP) is 4.95. The van der Waals surface area contributed by atoms with Crippen LogP contribution in [0, 0.1) is 5.82 Å². The number of methoxy groups -OCH3 is 1. The maximum atomic E-state index is 13.5. The second-order valence-electron chi connectivity index (χ2n) is 7.46. The Morgan fingerprint density at radius 2 is 1.82 bits per heavy atom. The van der Waals surface area contributed by atoms with E-state index >= 15 is 0 Å². The Labute approximate surface area is 193 Å². The Balaban J connectivity index is 1.51. The molecule has 0 spiro atoms. The van der Waals surface area contributed by atoms with E-state index in [0.29, 0.717) is 16.9 Å². The summed E-state index contributed by atoms with van der Waals surface area (Å²) in [6, 6.07) is 16.2. The molecule has 0 atom stereocenters. The number of imidazole rings is 1. The van der Waals surface area contributed by atoms with E-state index < -0.39 is 0 Å². The van der Waals surface area contributed by atoms with Crippen molar-refractivity contribution in [2.45, 2.75) is 13.2 Å². The molecule has 0 saturated carbocycles. The van der Waals surface area contributed by atoms with E-state index in [1.165, 1.54) is 30.6 Å². The second kappa shape index (κ2) is 8.74. The predicted molar refractivity (Wildman–Crippen MR) is 126 cm³/mol. The minimum absolute atomic E-state index is 0.213. The number of aliphatic hydroxyl groups excluding tert-OH is 2. The first-order valence-electron chi connectivity index (χ1n) is 10.2. The normalized spacial score (nSPS) is 11.3. The summed E-state index contributed by atoms with van der Waals surface area (Å²) in [6.07, 6.45) is 3.46. The van der Waals surface area contributed by atoms with Crippen LogP contribution in [0.1, 0.15) is 11.1 Å². The van der Waals surface area contributed by atoms with Crippen LogP contribution in [0.25, 0.3) is 37.7 Å². The van der Waals surface area contributed by atoms with Gasteiger partial charge < -0.3 is 14.9 Å². The highest BCUT2D eigenvalue weighted by molar-refractivity contribution is 7.21. The summed E-state index contributed by atoms with van der Waals surface area (Å²) >= 11 is 1.45. The molecular weight excluding hydrogens is 441 g/mol. The van der Waals surface area contributed by atoms with Crippen molar-refractivity contribution in [2.24, 2.45) is 0 Å². The van der Waals surface area contributed by atoms with Gasteiger partial charge in [-0.2, -0.15) is 0 Å². The number of benzene rings is 3. The first kappa shape index (κ1) is 21.3. The van der Waals surface area contributed by atoms with Crippen LogP contribution in [0.4, 0.5) is 4.39 Å². The Bertz CT molecular complexity index is 1420. The molecule has 0 saturated heterocycles. The minimum Gasteiger partial charge on any atom is -0.496 e. The lowest BCUT2D eigenvalue weighted by molar-refractivity contribution is 0.254. The van der Waals surface area contributed by atoms with Crippen LogP contribution >= 0.6 is 11.3 Å². The zero-order valence-corrected chi connectivity index (χ0v) is 18.5. The number of halogens is 1. The fourth-order valence-corrected chi connectivity index (χ4v) is 4.85. The van der Waals surface area contributed by atoms with Gasteiger partial charge in [-0.3, -0.25) is 4.57 Å². The summed E-state index contributed by atoms with van der Waals surface area (Å²) in [5.74, 6) is 0.239. The Kier molecular flexibility index (Phi) is 5.63. The SMILES string of the molecule is COc1cc(-c2cncn2-c2ccc(-c3nc4ccc(F)cc4s3)cc2)cc(CO)c1CO. The van der Waals surface area contributed by atoms with E-state index in [1.54, 1.807) is 18.6 Å². The molecule has 5 aromatic rings. The van der Waals surface area contributed by atoms with Gasteiger partial charge in [0.2, 0.25) is 0 Å². The molecule has 8 heteroatoms. The summed E-state index contributed by atoms with van der Waals surface area (Å²) in [5.41, 5.74) is 5.40. The average molecular weight is 462 g/mol. The number of aliphatic hydroxyl groups is 2. The second-order valence-corrected chi connectivity index (χ2v) is 8.49. The highest BCUT2D eigenvalue weighted by atomic mass is 32.1. The lowest BCUT2D eigenvalue weighted by Crippen LogP contribution is -2.01. The van der Waals surface area contributed by atoms with Crippen molar-refractivity contribution < 1.29 is 19.3 Å². The number of fused-ring (bicyclic) bond motifs is 1. The minimum atomic E-state index is -0.270. The molecule has 0 aliphatic carbocycles. The topological polar surface area (TPSA) is 80.4 Å². The first-order valence-corrected chi connectivity index (χ1v) is 11.0.